The first-order chi connectivity index (χ1) is 22.7. The molecule has 12 heteroatoms. The zero-order valence-corrected chi connectivity index (χ0v) is 27.0. The van der Waals surface area contributed by atoms with Gasteiger partial charge in [0, 0.05) is 81.1 Å². The number of hydrogen-bond acceptors (Lipinski definition) is 9. The van der Waals surface area contributed by atoms with E-state index in [1.54, 1.807) is 12.1 Å². The van der Waals surface area contributed by atoms with Crippen molar-refractivity contribution in [1.29, 1.82) is 10.8 Å². The summed E-state index contributed by atoms with van der Waals surface area (Å²) >= 11 is 0. The van der Waals surface area contributed by atoms with Crippen LogP contribution in [0.15, 0.2) is 60.8 Å². The van der Waals surface area contributed by atoms with Crippen molar-refractivity contribution in [2.75, 3.05) is 83.3 Å². The molecule has 0 unspecified atom stereocenters. The molecule has 47 heavy (non-hydrogen) atoms. The van der Waals surface area contributed by atoms with Crippen molar-refractivity contribution in [3.05, 3.63) is 77.5 Å². The molecule has 5 N–H and O–H groups in total. The number of carbonyl (C=O) groups excluding carboxylic acids is 2. The Bertz CT molecular complexity index is 1600. The molecular weight excluding hydrogens is 596 g/mol. The number of nitrogens with one attached hydrogen (secondary N) is 3. The summed E-state index contributed by atoms with van der Waals surface area (Å²) in [6.07, 6.45) is 4.06. The van der Waals surface area contributed by atoms with Gasteiger partial charge in [-0.3, -0.25) is 20.5 Å². The van der Waals surface area contributed by atoms with Gasteiger partial charge in [0.2, 0.25) is 11.8 Å². The van der Waals surface area contributed by atoms with Crippen LogP contribution < -0.4 is 16.0 Å². The average molecular weight is 641 g/mol. The molecule has 2 amide bonds. The summed E-state index contributed by atoms with van der Waals surface area (Å²) in [6, 6.07) is 13.1. The van der Waals surface area contributed by atoms with E-state index in [1.807, 2.05) is 40.1 Å². The van der Waals surface area contributed by atoms with Crippen LogP contribution in [0.25, 0.3) is 5.57 Å². The Morgan fingerprint density at radius 1 is 1.04 bits per heavy atom. The van der Waals surface area contributed by atoms with Crippen LogP contribution in [0.3, 0.4) is 0 Å². The molecule has 4 heterocycles. The van der Waals surface area contributed by atoms with Crippen molar-refractivity contribution < 1.29 is 19.1 Å². The summed E-state index contributed by atoms with van der Waals surface area (Å²) in [5, 5.41) is 19.1. The van der Waals surface area contributed by atoms with Crippen LogP contribution in [0.5, 0.6) is 0 Å². The van der Waals surface area contributed by atoms with Gasteiger partial charge in [-0.2, -0.15) is 0 Å². The third-order valence-electron chi connectivity index (χ3n) is 9.86. The van der Waals surface area contributed by atoms with Crippen LogP contribution in [-0.2, 0) is 14.3 Å². The summed E-state index contributed by atoms with van der Waals surface area (Å²) in [6.45, 7) is 11.5. The zero-order chi connectivity index (χ0) is 33.1. The lowest BCUT2D eigenvalue weighted by Gasteiger charge is -2.32. The second kappa shape index (κ2) is 13.6. The SMILES string of the molecule is C=C(CN1CC[C@]2(CCN(c3ccc(N)c(C(=N)N4CCOCC4)c3)C2=O)C1)N1CC=C(c2ccc(C(=N)OC(=O)NC)cc2)CC1. The lowest BCUT2D eigenvalue weighted by molar-refractivity contribution is -0.125. The van der Waals surface area contributed by atoms with Gasteiger partial charge in [-0.15, -0.1) is 0 Å². The topological polar surface area (TPSA) is 151 Å². The van der Waals surface area contributed by atoms with Gasteiger partial charge in [-0.25, -0.2) is 4.79 Å². The van der Waals surface area contributed by atoms with Gasteiger partial charge in [0.25, 0.3) is 0 Å². The molecule has 2 aromatic rings. The fourth-order valence-electron chi connectivity index (χ4n) is 7.03. The van der Waals surface area contributed by atoms with E-state index in [0.29, 0.717) is 62.0 Å². The highest BCUT2D eigenvalue weighted by molar-refractivity contribution is 6.05. The number of ether oxygens (including phenoxy) is 2. The van der Waals surface area contributed by atoms with Gasteiger partial charge in [0.05, 0.1) is 18.6 Å². The minimum Gasteiger partial charge on any atom is -0.398 e. The normalized spacial score (nSPS) is 21.6. The highest BCUT2D eigenvalue weighted by atomic mass is 16.6. The van der Waals surface area contributed by atoms with Crippen molar-refractivity contribution in [3.8, 4) is 0 Å². The third kappa shape index (κ3) is 6.75. The minimum atomic E-state index is -0.662. The largest absolute Gasteiger partial charge is 0.413 e. The fourth-order valence-corrected chi connectivity index (χ4v) is 7.03. The fraction of sp³-hybridized carbons (Fsp3) is 0.429. The van der Waals surface area contributed by atoms with Gasteiger partial charge >= 0.3 is 6.09 Å². The number of alkyl carbamates (subject to hydrolysis) is 1. The first kappa shape index (κ1) is 32.3. The van der Waals surface area contributed by atoms with Crippen LogP contribution in [-0.4, -0.2) is 111 Å². The van der Waals surface area contributed by atoms with E-state index in [1.165, 1.54) is 12.6 Å². The summed E-state index contributed by atoms with van der Waals surface area (Å²) in [5.74, 6) is 0.348. The summed E-state index contributed by atoms with van der Waals surface area (Å²) in [4.78, 5) is 33.9. The lowest BCUT2D eigenvalue weighted by Crippen LogP contribution is -2.41. The molecule has 4 aliphatic heterocycles. The molecule has 3 fully saturated rings. The Kier molecular flexibility index (Phi) is 9.33. The Morgan fingerprint density at radius 3 is 2.49 bits per heavy atom. The van der Waals surface area contributed by atoms with E-state index in [0.717, 1.165) is 62.4 Å². The average Bonchev–Trinajstić information content (AvgIpc) is 3.66. The first-order valence-corrected chi connectivity index (χ1v) is 16.2. The van der Waals surface area contributed by atoms with Gasteiger partial charge in [0.15, 0.2) is 0 Å². The Labute approximate surface area is 275 Å². The van der Waals surface area contributed by atoms with Crippen LogP contribution in [0, 0.1) is 16.2 Å². The van der Waals surface area contributed by atoms with Gasteiger partial charge in [-0.05, 0) is 67.3 Å². The van der Waals surface area contributed by atoms with E-state index in [9.17, 15) is 9.59 Å². The van der Waals surface area contributed by atoms with Crippen molar-refractivity contribution in [2.24, 2.45) is 5.41 Å². The monoisotopic (exact) mass is 640 g/mol. The van der Waals surface area contributed by atoms with Crippen LogP contribution in [0.2, 0.25) is 0 Å². The maximum Gasteiger partial charge on any atom is 0.413 e. The molecule has 0 saturated carbocycles. The lowest BCUT2D eigenvalue weighted by atomic mass is 9.85. The van der Waals surface area contributed by atoms with E-state index in [-0.39, 0.29) is 11.8 Å². The molecule has 4 aliphatic rings. The number of benzene rings is 2. The van der Waals surface area contributed by atoms with Gasteiger partial charge in [-0.1, -0.05) is 24.8 Å². The summed E-state index contributed by atoms with van der Waals surface area (Å²) in [7, 11) is 1.46. The highest BCUT2D eigenvalue weighted by Crippen LogP contribution is 2.43. The highest BCUT2D eigenvalue weighted by Gasteiger charge is 2.51. The van der Waals surface area contributed by atoms with Crippen LogP contribution in [0.1, 0.15) is 36.0 Å². The molecule has 248 valence electrons. The zero-order valence-electron chi connectivity index (χ0n) is 27.0. The van der Waals surface area contributed by atoms with Crippen molar-refractivity contribution in [3.63, 3.8) is 0 Å². The van der Waals surface area contributed by atoms with Crippen LogP contribution >= 0.6 is 0 Å². The van der Waals surface area contributed by atoms with E-state index in [2.05, 4.69) is 27.8 Å². The number of anilines is 2. The van der Waals surface area contributed by atoms with E-state index < -0.39 is 11.5 Å². The third-order valence-corrected chi connectivity index (χ3v) is 9.86. The molecule has 1 spiro atoms. The number of likely N-dealkylation sites (tertiary alicyclic amines) is 1. The minimum absolute atomic E-state index is 0.158. The Balaban J connectivity index is 1.03. The number of nitrogens with zero attached hydrogens (tertiary/aromatic N) is 4. The van der Waals surface area contributed by atoms with Gasteiger partial charge < -0.3 is 35.2 Å². The molecule has 6 rings (SSSR count). The molecule has 3 saturated heterocycles. The Morgan fingerprint density at radius 2 is 1.79 bits per heavy atom. The van der Waals surface area contributed by atoms with Crippen molar-refractivity contribution in [2.45, 2.75) is 19.3 Å². The molecule has 12 nitrogen and oxygen atoms in total. The summed E-state index contributed by atoms with van der Waals surface area (Å²) in [5.41, 5.74) is 11.8. The summed E-state index contributed by atoms with van der Waals surface area (Å²) < 4.78 is 10.4. The number of hydrogen-bond donors (Lipinski definition) is 4. The molecule has 0 radical (unpaired) electrons. The standard InChI is InChI=1S/C35H44N8O4/c1-24(41-13-9-26(10-14-41)25-3-5-27(6-4-25)32(38)47-34(45)39-2)22-40-15-11-35(23-40)12-16-43(33(35)44)28-7-8-30(36)29(21-28)31(37)42-17-19-46-20-18-42/h3-9,21,37-38H,1,10-20,22-23,36H2,2H3,(H,39,45)/t35-/m0/s1. The van der Waals surface area contributed by atoms with Crippen molar-refractivity contribution in [1.82, 2.24) is 20.0 Å². The Hall–Kier alpha value is -4.68. The van der Waals surface area contributed by atoms with E-state index >= 15 is 0 Å². The van der Waals surface area contributed by atoms with Crippen molar-refractivity contribution >= 4 is 40.7 Å². The second-order valence-corrected chi connectivity index (χ2v) is 12.7. The molecule has 2 aromatic carbocycles. The number of amides is 2. The molecular formula is C35H44N8O4. The maximum absolute atomic E-state index is 13.9. The molecule has 0 aliphatic carbocycles. The molecule has 0 bridgehead atoms. The number of amidine groups is 1. The maximum atomic E-state index is 13.9. The number of nitrogens with two attached hydrogens (primary N) is 1. The molecule has 0 aromatic heterocycles. The molecule has 1 atom stereocenters. The predicted molar refractivity (Wildman–Crippen MR) is 183 cm³/mol. The smallest absolute Gasteiger partial charge is 0.398 e. The second-order valence-electron chi connectivity index (χ2n) is 12.7. The number of morpholine rings is 1. The number of rotatable bonds is 7. The number of carbonyl (C=O) groups is 2. The quantitative estimate of drug-likeness (QED) is 0.204. The van der Waals surface area contributed by atoms with Gasteiger partial charge in [0.1, 0.15) is 5.84 Å². The van der Waals surface area contributed by atoms with Crippen LogP contribution in [0.4, 0.5) is 16.2 Å². The first-order valence-electron chi connectivity index (χ1n) is 16.2. The van der Waals surface area contributed by atoms with E-state index in [4.69, 9.17) is 26.0 Å². The predicted octanol–water partition coefficient (Wildman–Crippen LogP) is 3.34. The number of nitrogen functional groups attached to an aromatic ring is 1.